The van der Waals surface area contributed by atoms with Crippen molar-refractivity contribution in [1.82, 2.24) is 49.7 Å². The predicted molar refractivity (Wildman–Crippen MR) is 177 cm³/mol. The molecule has 0 aliphatic heterocycles. The van der Waals surface area contributed by atoms with Gasteiger partial charge in [-0.25, -0.2) is 14.8 Å². The van der Waals surface area contributed by atoms with Crippen LogP contribution in [-0.4, -0.2) is 92.2 Å². The number of imidazole rings is 2. The standard InChI is InChI=1S/C33H33F3N12O3/c1-19-44-46-48(45-19)25-14-24(27(49)28(25)51-31(50)33(34,35)36)47-18-41-26-29(42-32(43-30(26)47)38-13-12-22-15-37-17-40-22)39-16-23(20-8-4-2-5-9-20)21-10-6-3-7-11-21/h2-11,15,17-18,23-25,27-28,49H,12-14,16H2,1H3,(H,37,40)(H2,38,39,42,43)/t24-,25+,27+,28-/m1/s1. The number of anilines is 2. The van der Waals surface area contributed by atoms with Crippen molar-refractivity contribution in [2.75, 3.05) is 23.7 Å². The van der Waals surface area contributed by atoms with Crippen molar-refractivity contribution in [3.63, 3.8) is 0 Å². The zero-order valence-electron chi connectivity index (χ0n) is 27.1. The Kier molecular flexibility index (Phi) is 9.31. The minimum Gasteiger partial charge on any atom is -0.450 e. The number of alkyl halides is 3. The molecule has 6 aromatic rings. The molecule has 4 aromatic heterocycles. The van der Waals surface area contributed by atoms with Gasteiger partial charge in [0.15, 0.2) is 28.9 Å². The zero-order chi connectivity index (χ0) is 35.5. The first-order valence-corrected chi connectivity index (χ1v) is 16.2. The van der Waals surface area contributed by atoms with E-state index < -0.39 is 36.4 Å². The molecule has 0 bridgehead atoms. The van der Waals surface area contributed by atoms with Crippen molar-refractivity contribution in [3.05, 3.63) is 102 Å². The third kappa shape index (κ3) is 7.21. The number of ether oxygens (including phenoxy) is 1. The van der Waals surface area contributed by atoms with Crippen molar-refractivity contribution >= 4 is 28.9 Å². The van der Waals surface area contributed by atoms with Crippen LogP contribution in [0.1, 0.15) is 47.1 Å². The molecule has 1 aliphatic rings. The molecule has 1 aliphatic carbocycles. The number of carbonyl (C=O) groups is 1. The van der Waals surface area contributed by atoms with Crippen molar-refractivity contribution < 1.29 is 27.8 Å². The molecule has 4 heterocycles. The number of benzene rings is 2. The second kappa shape index (κ2) is 14.1. The fourth-order valence-electron chi connectivity index (χ4n) is 6.34. The number of aliphatic hydroxyl groups excluding tert-OH is 1. The Bertz CT molecular complexity index is 2030. The number of tetrazole rings is 1. The molecule has 51 heavy (non-hydrogen) atoms. The number of aliphatic hydroxyl groups is 1. The van der Waals surface area contributed by atoms with Gasteiger partial charge >= 0.3 is 12.1 Å². The number of halogens is 3. The van der Waals surface area contributed by atoms with Crippen LogP contribution in [0.3, 0.4) is 0 Å². The normalized spacial score (nSPS) is 19.1. The van der Waals surface area contributed by atoms with Gasteiger partial charge in [-0.15, -0.1) is 10.2 Å². The van der Waals surface area contributed by atoms with Crippen LogP contribution in [0.2, 0.25) is 0 Å². The summed E-state index contributed by atoms with van der Waals surface area (Å²) in [5.41, 5.74) is 3.73. The van der Waals surface area contributed by atoms with E-state index in [9.17, 15) is 23.1 Å². The number of carbonyl (C=O) groups excluding carboxylic acids is 1. The van der Waals surface area contributed by atoms with Crippen LogP contribution in [0.15, 0.2) is 79.5 Å². The Morgan fingerprint density at radius 1 is 1.06 bits per heavy atom. The van der Waals surface area contributed by atoms with E-state index in [-0.39, 0.29) is 24.1 Å². The number of hydrogen-bond donors (Lipinski definition) is 4. The highest BCUT2D eigenvalue weighted by atomic mass is 19.4. The number of esters is 1. The van der Waals surface area contributed by atoms with Crippen LogP contribution in [0, 0.1) is 6.92 Å². The molecule has 18 heteroatoms. The van der Waals surface area contributed by atoms with Crippen LogP contribution in [0.4, 0.5) is 24.9 Å². The monoisotopic (exact) mass is 702 g/mol. The number of aryl methyl sites for hydroxylation is 1. The quantitative estimate of drug-likeness (QED) is 0.136. The number of hydrogen-bond acceptors (Lipinski definition) is 12. The minimum absolute atomic E-state index is 0.0301. The van der Waals surface area contributed by atoms with E-state index >= 15 is 0 Å². The SMILES string of the molecule is Cc1nnn([C@H]2C[C@@H](n3cnc4c(NCC(c5ccccc5)c5ccccc5)nc(NCCc5cnc[nH]5)nc43)[C@H](O)[C@@H]2OC(=O)C(F)(F)F)n1. The van der Waals surface area contributed by atoms with Gasteiger partial charge in [0, 0.05) is 37.3 Å². The summed E-state index contributed by atoms with van der Waals surface area (Å²) < 4.78 is 46.3. The lowest BCUT2D eigenvalue weighted by Crippen LogP contribution is -2.39. The van der Waals surface area contributed by atoms with E-state index in [1.54, 1.807) is 24.0 Å². The molecule has 264 valence electrons. The van der Waals surface area contributed by atoms with Crippen LogP contribution < -0.4 is 10.6 Å². The number of rotatable bonds is 12. The second-order valence-electron chi connectivity index (χ2n) is 12.1. The number of nitrogens with zero attached hydrogens (tertiary/aromatic N) is 9. The highest BCUT2D eigenvalue weighted by Gasteiger charge is 2.52. The lowest BCUT2D eigenvalue weighted by Gasteiger charge is -2.23. The molecule has 0 unspecified atom stereocenters. The molecule has 1 saturated carbocycles. The fraction of sp³-hybridized carbons (Fsp3) is 0.333. The second-order valence-corrected chi connectivity index (χ2v) is 12.1. The molecule has 0 amide bonds. The van der Waals surface area contributed by atoms with E-state index in [1.165, 1.54) is 6.33 Å². The summed E-state index contributed by atoms with van der Waals surface area (Å²) in [5, 5.41) is 30.0. The highest BCUT2D eigenvalue weighted by Crippen LogP contribution is 2.42. The largest absolute Gasteiger partial charge is 0.490 e. The summed E-state index contributed by atoms with van der Waals surface area (Å²) >= 11 is 0. The lowest BCUT2D eigenvalue weighted by atomic mass is 9.91. The Labute approximate surface area is 288 Å². The summed E-state index contributed by atoms with van der Waals surface area (Å²) in [6.45, 7) is 2.43. The summed E-state index contributed by atoms with van der Waals surface area (Å²) in [6, 6.07) is 18.0. The van der Waals surface area contributed by atoms with Crippen LogP contribution in [0.25, 0.3) is 11.2 Å². The molecule has 0 radical (unpaired) electrons. The van der Waals surface area contributed by atoms with Gasteiger partial charge in [0.2, 0.25) is 5.95 Å². The van der Waals surface area contributed by atoms with Gasteiger partial charge in [-0.3, -0.25) is 0 Å². The fourth-order valence-corrected chi connectivity index (χ4v) is 6.34. The summed E-state index contributed by atoms with van der Waals surface area (Å²) in [6.07, 6.45) is -3.25. The third-order valence-electron chi connectivity index (χ3n) is 8.78. The third-order valence-corrected chi connectivity index (χ3v) is 8.78. The van der Waals surface area contributed by atoms with Gasteiger partial charge in [0.05, 0.1) is 18.7 Å². The molecular formula is C33H33F3N12O3. The molecule has 0 spiro atoms. The Morgan fingerprint density at radius 3 is 2.41 bits per heavy atom. The maximum atomic E-state index is 13.3. The average Bonchev–Trinajstić information content (AvgIpc) is 3.94. The molecule has 4 atom stereocenters. The van der Waals surface area contributed by atoms with E-state index in [1.807, 2.05) is 36.4 Å². The maximum Gasteiger partial charge on any atom is 0.490 e. The number of fused-ring (bicyclic) bond motifs is 1. The molecule has 7 rings (SSSR count). The smallest absolute Gasteiger partial charge is 0.450 e. The Balaban J connectivity index is 1.24. The first-order valence-electron chi connectivity index (χ1n) is 16.2. The van der Waals surface area contributed by atoms with Gasteiger partial charge in [0.1, 0.15) is 12.1 Å². The number of aromatic amines is 1. The summed E-state index contributed by atoms with van der Waals surface area (Å²) in [7, 11) is 0. The molecule has 2 aromatic carbocycles. The first-order chi connectivity index (χ1) is 24.7. The van der Waals surface area contributed by atoms with Crippen molar-refractivity contribution in [1.29, 1.82) is 0 Å². The zero-order valence-corrected chi connectivity index (χ0v) is 27.1. The van der Waals surface area contributed by atoms with Gasteiger partial charge in [-0.05, 0) is 29.7 Å². The van der Waals surface area contributed by atoms with Crippen molar-refractivity contribution in [3.8, 4) is 0 Å². The van der Waals surface area contributed by atoms with Gasteiger partial charge in [-0.1, -0.05) is 60.7 Å². The average molecular weight is 703 g/mol. The van der Waals surface area contributed by atoms with E-state index in [2.05, 4.69) is 65.3 Å². The van der Waals surface area contributed by atoms with Gasteiger partial charge in [0.25, 0.3) is 0 Å². The summed E-state index contributed by atoms with van der Waals surface area (Å²) in [4.78, 5) is 34.2. The molecule has 0 saturated heterocycles. The summed E-state index contributed by atoms with van der Waals surface area (Å²) in [5.74, 6) is -1.59. The Morgan fingerprint density at radius 2 is 1.78 bits per heavy atom. The number of aromatic nitrogens is 10. The van der Waals surface area contributed by atoms with E-state index in [0.29, 0.717) is 36.5 Å². The van der Waals surface area contributed by atoms with Crippen LogP contribution >= 0.6 is 0 Å². The predicted octanol–water partition coefficient (Wildman–Crippen LogP) is 3.76. The maximum absolute atomic E-state index is 13.3. The Hall–Kier alpha value is -5.91. The molecule has 1 fully saturated rings. The lowest BCUT2D eigenvalue weighted by molar-refractivity contribution is -0.210. The molecule has 15 nitrogen and oxygen atoms in total. The van der Waals surface area contributed by atoms with Crippen molar-refractivity contribution in [2.45, 2.75) is 56.2 Å². The topological polar surface area (TPSA) is 186 Å². The van der Waals surface area contributed by atoms with E-state index in [4.69, 9.17) is 14.7 Å². The van der Waals surface area contributed by atoms with E-state index in [0.717, 1.165) is 21.6 Å². The van der Waals surface area contributed by atoms with Crippen molar-refractivity contribution in [2.24, 2.45) is 0 Å². The molecule has 4 N–H and O–H groups in total. The molecular weight excluding hydrogens is 669 g/mol. The number of H-pyrrole nitrogens is 1. The minimum atomic E-state index is -5.28. The van der Waals surface area contributed by atoms with Gasteiger partial charge < -0.3 is 30.0 Å². The highest BCUT2D eigenvalue weighted by molar-refractivity contribution is 5.84. The van der Waals surface area contributed by atoms with Crippen LogP contribution in [0.5, 0.6) is 0 Å². The number of nitrogens with one attached hydrogen (secondary N) is 3. The van der Waals surface area contributed by atoms with Gasteiger partial charge in [-0.2, -0.15) is 27.9 Å². The van der Waals surface area contributed by atoms with Crippen LogP contribution in [-0.2, 0) is 16.0 Å². The first kappa shape index (κ1) is 33.6.